The van der Waals surface area contributed by atoms with E-state index in [1.807, 2.05) is 0 Å². The molecule has 1 amide bonds. The third-order valence-corrected chi connectivity index (χ3v) is 8.10. The first-order valence-corrected chi connectivity index (χ1v) is 12.9. The molecule has 1 atom stereocenters. The molecule has 32 heavy (non-hydrogen) atoms. The third-order valence-electron chi connectivity index (χ3n) is 4.21. The number of esters is 1. The van der Waals surface area contributed by atoms with Crippen molar-refractivity contribution in [1.29, 1.82) is 0 Å². The van der Waals surface area contributed by atoms with Crippen LogP contribution in [0.25, 0.3) is 0 Å². The van der Waals surface area contributed by atoms with Gasteiger partial charge in [0.25, 0.3) is 10.0 Å². The molecular formula is C22H22N2O5S3. The highest BCUT2D eigenvalue weighted by atomic mass is 32.2. The number of ether oxygens (including phenoxy) is 1. The van der Waals surface area contributed by atoms with Crippen LogP contribution in [0.5, 0.6) is 0 Å². The number of hydrogen-bond donors (Lipinski definition) is 2. The molecule has 3 aromatic rings. The first-order valence-electron chi connectivity index (χ1n) is 9.69. The Morgan fingerprint density at radius 1 is 1.03 bits per heavy atom. The smallest absolute Gasteiger partial charge is 0.338 e. The van der Waals surface area contributed by atoms with Crippen LogP contribution < -0.4 is 10.0 Å². The average Bonchev–Trinajstić information content (AvgIpc) is 3.32. The van der Waals surface area contributed by atoms with E-state index in [0.29, 0.717) is 23.5 Å². The number of carbonyl (C=O) groups is 2. The van der Waals surface area contributed by atoms with Crippen LogP contribution in [-0.2, 0) is 19.6 Å². The number of hydrogen-bond acceptors (Lipinski definition) is 7. The first-order chi connectivity index (χ1) is 15.3. The summed E-state index contributed by atoms with van der Waals surface area (Å²) in [5, 5.41) is 4.12. The molecule has 0 radical (unpaired) electrons. The summed E-state index contributed by atoms with van der Waals surface area (Å²) in [6.07, 6.45) is 0. The van der Waals surface area contributed by atoms with E-state index >= 15 is 0 Å². The van der Waals surface area contributed by atoms with Crippen molar-refractivity contribution in [2.45, 2.75) is 28.2 Å². The molecule has 0 saturated heterocycles. The maximum atomic E-state index is 12.5. The molecule has 0 saturated carbocycles. The minimum absolute atomic E-state index is 0.193. The summed E-state index contributed by atoms with van der Waals surface area (Å²) < 4.78 is 32.3. The molecule has 7 nitrogen and oxygen atoms in total. The third kappa shape index (κ3) is 6.35. The van der Waals surface area contributed by atoms with Crippen molar-refractivity contribution in [2.24, 2.45) is 0 Å². The van der Waals surface area contributed by atoms with Gasteiger partial charge in [-0.05, 0) is 73.8 Å². The highest BCUT2D eigenvalue weighted by Gasteiger charge is 2.17. The second-order valence-corrected chi connectivity index (χ2v) is 10.9. The van der Waals surface area contributed by atoms with Crippen LogP contribution in [0.3, 0.4) is 0 Å². The molecule has 0 aliphatic heterocycles. The van der Waals surface area contributed by atoms with Gasteiger partial charge in [-0.2, -0.15) is 0 Å². The van der Waals surface area contributed by atoms with Crippen molar-refractivity contribution in [2.75, 3.05) is 16.6 Å². The van der Waals surface area contributed by atoms with Gasteiger partial charge in [-0.1, -0.05) is 6.07 Å². The molecule has 2 aromatic carbocycles. The predicted molar refractivity (Wildman–Crippen MR) is 128 cm³/mol. The van der Waals surface area contributed by atoms with Gasteiger partial charge >= 0.3 is 5.97 Å². The van der Waals surface area contributed by atoms with Gasteiger partial charge in [0.05, 0.1) is 17.4 Å². The zero-order chi connectivity index (χ0) is 23.1. The Hall–Kier alpha value is -2.82. The van der Waals surface area contributed by atoms with Gasteiger partial charge in [0, 0.05) is 16.3 Å². The molecule has 1 heterocycles. The quantitative estimate of drug-likeness (QED) is 0.329. The highest BCUT2D eigenvalue weighted by Crippen LogP contribution is 2.27. The van der Waals surface area contributed by atoms with Crippen molar-refractivity contribution < 1.29 is 22.7 Å². The lowest BCUT2D eigenvalue weighted by Crippen LogP contribution is -2.22. The molecule has 168 valence electrons. The molecule has 1 aromatic heterocycles. The maximum absolute atomic E-state index is 12.5. The van der Waals surface area contributed by atoms with E-state index in [1.54, 1.807) is 79.9 Å². The largest absolute Gasteiger partial charge is 0.462 e. The molecule has 2 N–H and O–H groups in total. The van der Waals surface area contributed by atoms with Crippen LogP contribution in [-0.4, -0.2) is 32.2 Å². The Bertz CT molecular complexity index is 1160. The van der Waals surface area contributed by atoms with Crippen molar-refractivity contribution in [3.8, 4) is 0 Å². The molecule has 0 aliphatic rings. The van der Waals surface area contributed by atoms with Crippen molar-refractivity contribution in [3.05, 3.63) is 71.6 Å². The summed E-state index contributed by atoms with van der Waals surface area (Å²) in [7, 11) is -3.60. The summed E-state index contributed by atoms with van der Waals surface area (Å²) in [6, 6.07) is 16.6. The lowest BCUT2D eigenvalue weighted by molar-refractivity contribution is -0.115. The molecule has 0 aliphatic carbocycles. The van der Waals surface area contributed by atoms with Crippen LogP contribution in [0, 0.1) is 0 Å². The van der Waals surface area contributed by atoms with Crippen LogP contribution in [0.1, 0.15) is 24.2 Å². The normalized spacial score (nSPS) is 12.1. The fourth-order valence-corrected chi connectivity index (χ4v) is 5.55. The van der Waals surface area contributed by atoms with Gasteiger partial charge in [0.2, 0.25) is 5.91 Å². The zero-order valence-corrected chi connectivity index (χ0v) is 19.9. The van der Waals surface area contributed by atoms with Crippen molar-refractivity contribution in [3.63, 3.8) is 0 Å². The van der Waals surface area contributed by atoms with E-state index < -0.39 is 21.2 Å². The second-order valence-electron chi connectivity index (χ2n) is 6.61. The number of benzene rings is 2. The van der Waals surface area contributed by atoms with E-state index in [2.05, 4.69) is 10.0 Å². The number of anilines is 2. The first kappa shape index (κ1) is 23.8. The van der Waals surface area contributed by atoms with E-state index in [4.69, 9.17) is 4.74 Å². The summed E-state index contributed by atoms with van der Waals surface area (Å²) in [5.41, 5.74) is 1.44. The van der Waals surface area contributed by atoms with Crippen LogP contribution in [0.2, 0.25) is 0 Å². The number of sulfonamides is 1. The SMILES string of the molecule is CCOC(=O)c1ccc(NC(=O)C(C)Sc2ccc(NS(=O)(=O)c3cccs3)cc2)cc1. The topological polar surface area (TPSA) is 102 Å². The Labute approximate surface area is 195 Å². The van der Waals surface area contributed by atoms with Crippen LogP contribution in [0.15, 0.2) is 75.1 Å². The van der Waals surface area contributed by atoms with Gasteiger partial charge in [-0.3, -0.25) is 9.52 Å². The van der Waals surface area contributed by atoms with Crippen LogP contribution >= 0.6 is 23.1 Å². The fourth-order valence-electron chi connectivity index (χ4n) is 2.63. The van der Waals surface area contributed by atoms with Gasteiger partial charge in [-0.25, -0.2) is 13.2 Å². The number of thiophene rings is 1. The number of nitrogens with one attached hydrogen (secondary N) is 2. The summed E-state index contributed by atoms with van der Waals surface area (Å²) >= 11 is 2.50. The monoisotopic (exact) mass is 490 g/mol. The average molecular weight is 491 g/mol. The predicted octanol–water partition coefficient (Wildman–Crippen LogP) is 4.84. The molecule has 0 bridgehead atoms. The molecule has 3 rings (SSSR count). The van der Waals surface area contributed by atoms with Gasteiger partial charge in [0.1, 0.15) is 4.21 Å². The summed E-state index contributed by atoms with van der Waals surface area (Å²) in [6.45, 7) is 3.82. The Morgan fingerprint density at radius 2 is 1.69 bits per heavy atom. The van der Waals surface area contributed by atoms with E-state index in [9.17, 15) is 18.0 Å². The highest BCUT2D eigenvalue weighted by molar-refractivity contribution is 8.00. The number of amides is 1. The number of thioether (sulfide) groups is 1. The number of carbonyl (C=O) groups excluding carboxylic acids is 2. The maximum Gasteiger partial charge on any atom is 0.338 e. The number of rotatable bonds is 9. The fraction of sp³-hybridized carbons (Fsp3) is 0.182. The molecule has 0 fully saturated rings. The lowest BCUT2D eigenvalue weighted by Gasteiger charge is -2.13. The van der Waals surface area contributed by atoms with E-state index in [-0.39, 0.29) is 10.1 Å². The molecular weight excluding hydrogens is 468 g/mol. The molecule has 10 heteroatoms. The zero-order valence-electron chi connectivity index (χ0n) is 17.4. The Balaban J connectivity index is 1.55. The molecule has 1 unspecified atom stereocenters. The van der Waals surface area contributed by atoms with Gasteiger partial charge < -0.3 is 10.1 Å². The molecule has 0 spiro atoms. The van der Waals surface area contributed by atoms with Crippen molar-refractivity contribution in [1.82, 2.24) is 0 Å². The summed E-state index contributed by atoms with van der Waals surface area (Å²) in [4.78, 5) is 25.0. The Kier molecular flexibility index (Phi) is 7.94. The van der Waals surface area contributed by atoms with E-state index in [1.165, 1.54) is 11.8 Å². The van der Waals surface area contributed by atoms with Crippen LogP contribution in [0.4, 0.5) is 11.4 Å². The Morgan fingerprint density at radius 3 is 2.28 bits per heavy atom. The summed E-state index contributed by atoms with van der Waals surface area (Å²) in [5.74, 6) is -0.600. The van der Waals surface area contributed by atoms with E-state index in [0.717, 1.165) is 16.2 Å². The minimum Gasteiger partial charge on any atom is -0.462 e. The van der Waals surface area contributed by atoms with Crippen molar-refractivity contribution >= 4 is 56.4 Å². The lowest BCUT2D eigenvalue weighted by atomic mass is 10.2. The van der Waals surface area contributed by atoms with Gasteiger partial charge in [0.15, 0.2) is 0 Å². The standard InChI is InChI=1S/C22H22N2O5S3/c1-3-29-22(26)16-6-8-17(9-7-16)23-21(25)15(2)31-19-12-10-18(11-13-19)24-32(27,28)20-5-4-14-30-20/h4-15,24H,3H2,1-2H3,(H,23,25). The minimum atomic E-state index is -3.60. The second kappa shape index (κ2) is 10.7. The van der Waals surface area contributed by atoms with Gasteiger partial charge in [-0.15, -0.1) is 23.1 Å².